The first-order valence-electron chi connectivity index (χ1n) is 6.89. The molecular formula is C15H13N5O2S. The number of pyridine rings is 1. The smallest absolute Gasteiger partial charge is 0.240 e. The Morgan fingerprint density at radius 2 is 2.13 bits per heavy atom. The Hall–Kier alpha value is -2.76. The van der Waals surface area contributed by atoms with Gasteiger partial charge in [0.25, 0.3) is 0 Å². The van der Waals surface area contributed by atoms with Gasteiger partial charge < -0.3 is 4.98 Å². The number of benzene rings is 1. The van der Waals surface area contributed by atoms with Crippen LogP contribution in [0.2, 0.25) is 0 Å². The van der Waals surface area contributed by atoms with Gasteiger partial charge in [0.2, 0.25) is 10.0 Å². The molecule has 0 aliphatic carbocycles. The minimum absolute atomic E-state index is 0.176. The minimum atomic E-state index is -3.52. The first-order chi connectivity index (χ1) is 11.0. The molecule has 1 aromatic carbocycles. The third-order valence-electron chi connectivity index (χ3n) is 3.23. The van der Waals surface area contributed by atoms with Crippen LogP contribution in [0.5, 0.6) is 0 Å². The lowest BCUT2D eigenvalue weighted by Crippen LogP contribution is -2.22. The van der Waals surface area contributed by atoms with Crippen molar-refractivity contribution in [2.24, 2.45) is 0 Å². The topological polar surface area (TPSA) is 112 Å². The van der Waals surface area contributed by atoms with Crippen LogP contribution in [0.15, 0.2) is 41.4 Å². The maximum absolute atomic E-state index is 12.0. The number of fused-ring (bicyclic) bond motifs is 1. The van der Waals surface area contributed by atoms with Crippen LogP contribution in [0, 0.1) is 11.3 Å². The largest absolute Gasteiger partial charge is 0.337 e. The van der Waals surface area contributed by atoms with Gasteiger partial charge in [-0.3, -0.25) is 4.98 Å². The van der Waals surface area contributed by atoms with Crippen molar-refractivity contribution in [1.29, 1.82) is 5.26 Å². The maximum Gasteiger partial charge on any atom is 0.240 e. The van der Waals surface area contributed by atoms with Crippen molar-refractivity contribution in [2.45, 2.75) is 11.8 Å². The van der Waals surface area contributed by atoms with Gasteiger partial charge in [-0.25, -0.2) is 18.1 Å². The van der Waals surface area contributed by atoms with Gasteiger partial charge in [0.1, 0.15) is 11.8 Å². The number of rotatable bonds is 4. The van der Waals surface area contributed by atoms with Crippen molar-refractivity contribution in [3.63, 3.8) is 0 Å². The summed E-state index contributed by atoms with van der Waals surface area (Å²) in [5.41, 5.74) is 2.28. The zero-order chi connectivity index (χ0) is 16.4. The second-order valence-corrected chi connectivity index (χ2v) is 6.58. The lowest BCUT2D eigenvalue weighted by Gasteiger charge is -2.03. The Kier molecular flexibility index (Phi) is 3.82. The zero-order valence-corrected chi connectivity index (χ0v) is 13.1. The molecule has 0 aliphatic heterocycles. The second kappa shape index (κ2) is 5.79. The molecule has 3 aromatic rings. The summed E-state index contributed by atoms with van der Waals surface area (Å²) in [6.07, 6.45) is 1.46. The van der Waals surface area contributed by atoms with Gasteiger partial charge in [-0.1, -0.05) is 6.92 Å². The van der Waals surface area contributed by atoms with E-state index in [9.17, 15) is 8.42 Å². The summed E-state index contributed by atoms with van der Waals surface area (Å²) in [7, 11) is -3.52. The Bertz CT molecular complexity index is 1000. The van der Waals surface area contributed by atoms with Gasteiger partial charge in [0, 0.05) is 12.7 Å². The van der Waals surface area contributed by atoms with E-state index in [0.29, 0.717) is 34.7 Å². The second-order valence-electron chi connectivity index (χ2n) is 4.81. The first kappa shape index (κ1) is 15.1. The summed E-state index contributed by atoms with van der Waals surface area (Å²) in [6, 6.07) is 10.0. The number of hydrogen-bond acceptors (Lipinski definition) is 5. The van der Waals surface area contributed by atoms with Gasteiger partial charge in [-0.15, -0.1) is 0 Å². The molecule has 0 bridgehead atoms. The van der Waals surface area contributed by atoms with Crippen LogP contribution < -0.4 is 4.72 Å². The van der Waals surface area contributed by atoms with E-state index in [1.54, 1.807) is 25.1 Å². The maximum atomic E-state index is 12.0. The van der Waals surface area contributed by atoms with E-state index in [0.717, 1.165) is 0 Å². The first-order valence-corrected chi connectivity index (χ1v) is 8.38. The van der Waals surface area contributed by atoms with Crippen LogP contribution >= 0.6 is 0 Å². The molecule has 2 heterocycles. The minimum Gasteiger partial charge on any atom is -0.337 e. The highest BCUT2D eigenvalue weighted by Gasteiger charge is 2.15. The number of nitrogens with one attached hydrogen (secondary N) is 2. The van der Waals surface area contributed by atoms with Crippen molar-refractivity contribution in [3.8, 4) is 17.6 Å². The molecule has 0 aliphatic rings. The van der Waals surface area contributed by atoms with Crippen LogP contribution in [0.4, 0.5) is 0 Å². The lowest BCUT2D eigenvalue weighted by atomic mass is 10.2. The van der Waals surface area contributed by atoms with E-state index in [1.807, 2.05) is 6.07 Å². The highest BCUT2D eigenvalue weighted by atomic mass is 32.2. The van der Waals surface area contributed by atoms with Crippen molar-refractivity contribution < 1.29 is 8.42 Å². The molecule has 2 N–H and O–H groups in total. The number of aromatic nitrogens is 3. The predicted molar refractivity (Wildman–Crippen MR) is 84.9 cm³/mol. The Morgan fingerprint density at radius 3 is 2.78 bits per heavy atom. The van der Waals surface area contributed by atoms with Crippen molar-refractivity contribution >= 4 is 21.1 Å². The SMILES string of the molecule is CCNS(=O)(=O)c1ccc2nc(-c3ccc(C#N)cn3)[nH]c2c1. The number of hydrogen-bond donors (Lipinski definition) is 2. The lowest BCUT2D eigenvalue weighted by molar-refractivity contribution is 0.584. The number of aromatic amines is 1. The van der Waals surface area contributed by atoms with Gasteiger partial charge in [-0.05, 0) is 30.3 Å². The molecule has 0 unspecified atom stereocenters. The summed E-state index contributed by atoms with van der Waals surface area (Å²) in [5, 5.41) is 8.79. The van der Waals surface area contributed by atoms with Gasteiger partial charge >= 0.3 is 0 Å². The molecule has 23 heavy (non-hydrogen) atoms. The number of sulfonamides is 1. The standard InChI is InChI=1S/C15H13N5O2S/c1-2-18-23(21,22)11-4-6-12-14(7-11)20-15(19-12)13-5-3-10(8-16)9-17-13/h3-7,9,18H,2H2,1H3,(H,19,20). The van der Waals surface area contributed by atoms with Crippen LogP contribution in [0.3, 0.4) is 0 Å². The van der Waals surface area contributed by atoms with Crippen LogP contribution in [0.25, 0.3) is 22.6 Å². The van der Waals surface area contributed by atoms with Crippen LogP contribution in [-0.4, -0.2) is 29.9 Å². The molecule has 0 atom stereocenters. The molecule has 0 fully saturated rings. The van der Waals surface area contributed by atoms with E-state index in [2.05, 4.69) is 19.7 Å². The quantitative estimate of drug-likeness (QED) is 0.759. The van der Waals surface area contributed by atoms with Crippen LogP contribution in [0.1, 0.15) is 12.5 Å². The van der Waals surface area contributed by atoms with Crippen molar-refractivity contribution in [2.75, 3.05) is 6.54 Å². The number of nitrogens with zero attached hydrogens (tertiary/aromatic N) is 3. The average molecular weight is 327 g/mol. The normalized spacial score (nSPS) is 11.5. The summed E-state index contributed by atoms with van der Waals surface area (Å²) in [6.45, 7) is 2.05. The zero-order valence-electron chi connectivity index (χ0n) is 12.2. The molecule has 0 amide bonds. The fraction of sp³-hybridized carbons (Fsp3) is 0.133. The molecule has 3 rings (SSSR count). The predicted octanol–water partition coefficient (Wildman–Crippen LogP) is 1.79. The molecule has 0 saturated heterocycles. The molecule has 0 saturated carbocycles. The van der Waals surface area contributed by atoms with Gasteiger partial charge in [0.05, 0.1) is 21.5 Å². The molecule has 116 valence electrons. The summed E-state index contributed by atoms with van der Waals surface area (Å²) in [4.78, 5) is 11.8. The Labute approximate surface area is 133 Å². The Morgan fingerprint density at radius 1 is 1.30 bits per heavy atom. The highest BCUT2D eigenvalue weighted by Crippen LogP contribution is 2.21. The third kappa shape index (κ3) is 2.92. The number of H-pyrrole nitrogens is 1. The molecule has 7 nitrogen and oxygen atoms in total. The van der Waals surface area contributed by atoms with E-state index in [4.69, 9.17) is 5.26 Å². The van der Waals surface area contributed by atoms with Crippen molar-refractivity contribution in [1.82, 2.24) is 19.7 Å². The van der Waals surface area contributed by atoms with Gasteiger partial charge in [0.15, 0.2) is 5.82 Å². The molecular weight excluding hydrogens is 314 g/mol. The summed E-state index contributed by atoms with van der Waals surface area (Å²) < 4.78 is 26.5. The average Bonchev–Trinajstić information content (AvgIpc) is 2.98. The Balaban J connectivity index is 2.04. The van der Waals surface area contributed by atoms with E-state index >= 15 is 0 Å². The molecule has 8 heteroatoms. The summed E-state index contributed by atoms with van der Waals surface area (Å²) in [5.74, 6) is 0.516. The number of imidazole rings is 1. The summed E-state index contributed by atoms with van der Waals surface area (Å²) >= 11 is 0. The molecule has 0 spiro atoms. The van der Waals surface area contributed by atoms with E-state index in [1.165, 1.54) is 18.3 Å². The van der Waals surface area contributed by atoms with Crippen molar-refractivity contribution in [3.05, 3.63) is 42.1 Å². The molecule has 2 aromatic heterocycles. The fourth-order valence-corrected chi connectivity index (χ4v) is 3.22. The fourth-order valence-electron chi connectivity index (χ4n) is 2.15. The highest BCUT2D eigenvalue weighted by molar-refractivity contribution is 7.89. The third-order valence-corrected chi connectivity index (χ3v) is 4.78. The monoisotopic (exact) mass is 327 g/mol. The van der Waals surface area contributed by atoms with E-state index < -0.39 is 10.0 Å². The van der Waals surface area contributed by atoms with Gasteiger partial charge in [-0.2, -0.15) is 5.26 Å². The van der Waals surface area contributed by atoms with Crippen LogP contribution in [-0.2, 0) is 10.0 Å². The van der Waals surface area contributed by atoms with E-state index in [-0.39, 0.29) is 4.90 Å². The number of nitriles is 1. The molecule has 0 radical (unpaired) electrons.